The van der Waals surface area contributed by atoms with Crippen LogP contribution in [0.3, 0.4) is 0 Å². The van der Waals surface area contributed by atoms with Gasteiger partial charge >= 0.3 is 0 Å². The number of hydrogen-bond donors (Lipinski definition) is 2. The van der Waals surface area contributed by atoms with Gasteiger partial charge < -0.3 is 9.97 Å². The smallest absolute Gasteiger partial charge is 0.254 e. The van der Waals surface area contributed by atoms with Gasteiger partial charge in [0.1, 0.15) is 11.6 Å². The van der Waals surface area contributed by atoms with Crippen molar-refractivity contribution in [3.63, 3.8) is 0 Å². The summed E-state index contributed by atoms with van der Waals surface area (Å²) in [4.78, 5) is 29.1. The molecular formula is C19H23N5O. The van der Waals surface area contributed by atoms with E-state index < -0.39 is 0 Å². The van der Waals surface area contributed by atoms with E-state index in [9.17, 15) is 4.79 Å². The zero-order valence-electron chi connectivity index (χ0n) is 15.1. The van der Waals surface area contributed by atoms with Gasteiger partial charge in [0.15, 0.2) is 0 Å². The first-order valence-corrected chi connectivity index (χ1v) is 8.28. The Morgan fingerprint density at radius 2 is 1.92 bits per heavy atom. The van der Waals surface area contributed by atoms with Gasteiger partial charge in [0.05, 0.1) is 6.54 Å². The standard InChI is InChI=1S/C19H23N5O/c1-12-9-20-17(21-12)11-24(4)10-15-6-5-7-16(8-15)18-22-14(3)13(2)19(25)23-18/h5-9H,10-11H2,1-4H3,(H,20,21)(H,22,23,25). The van der Waals surface area contributed by atoms with E-state index in [0.29, 0.717) is 11.4 Å². The van der Waals surface area contributed by atoms with Gasteiger partial charge in [-0.1, -0.05) is 18.2 Å². The van der Waals surface area contributed by atoms with E-state index in [0.717, 1.165) is 41.4 Å². The van der Waals surface area contributed by atoms with Gasteiger partial charge in [0.25, 0.3) is 5.56 Å². The monoisotopic (exact) mass is 337 g/mol. The minimum atomic E-state index is -0.0850. The number of aromatic amines is 2. The summed E-state index contributed by atoms with van der Waals surface area (Å²) < 4.78 is 0. The van der Waals surface area contributed by atoms with Crippen LogP contribution in [0.1, 0.15) is 28.3 Å². The number of aromatic nitrogens is 4. The SMILES string of the molecule is Cc1cnc(CN(C)Cc2cccc(-c3nc(C)c(C)c(=O)[nH]3)c2)[nH]1. The molecule has 0 aliphatic rings. The average molecular weight is 337 g/mol. The van der Waals surface area contributed by atoms with Crippen molar-refractivity contribution in [2.45, 2.75) is 33.9 Å². The topological polar surface area (TPSA) is 77.7 Å². The predicted octanol–water partition coefficient (Wildman–Crippen LogP) is 2.72. The number of nitrogens with one attached hydrogen (secondary N) is 2. The molecule has 0 saturated heterocycles. The Kier molecular flexibility index (Phi) is 4.81. The first-order chi connectivity index (χ1) is 11.9. The molecule has 3 aromatic rings. The van der Waals surface area contributed by atoms with Crippen LogP contribution in [0.2, 0.25) is 0 Å². The molecule has 2 aromatic heterocycles. The van der Waals surface area contributed by atoms with Crippen molar-refractivity contribution >= 4 is 0 Å². The van der Waals surface area contributed by atoms with Crippen LogP contribution >= 0.6 is 0 Å². The van der Waals surface area contributed by atoms with Crippen molar-refractivity contribution in [2.24, 2.45) is 0 Å². The second-order valence-electron chi connectivity index (χ2n) is 6.51. The van der Waals surface area contributed by atoms with Crippen LogP contribution in [0.25, 0.3) is 11.4 Å². The third kappa shape index (κ3) is 4.03. The van der Waals surface area contributed by atoms with E-state index in [4.69, 9.17) is 0 Å². The number of aryl methyl sites for hydroxylation is 2. The van der Waals surface area contributed by atoms with Gasteiger partial charge in [-0.05, 0) is 39.4 Å². The average Bonchev–Trinajstić information content (AvgIpc) is 2.97. The van der Waals surface area contributed by atoms with Crippen LogP contribution in [0, 0.1) is 20.8 Å². The second kappa shape index (κ2) is 7.03. The lowest BCUT2D eigenvalue weighted by atomic mass is 10.1. The summed E-state index contributed by atoms with van der Waals surface area (Å²) in [5.74, 6) is 1.57. The summed E-state index contributed by atoms with van der Waals surface area (Å²) in [5, 5.41) is 0. The Balaban J connectivity index is 1.78. The summed E-state index contributed by atoms with van der Waals surface area (Å²) >= 11 is 0. The highest BCUT2D eigenvalue weighted by molar-refractivity contribution is 5.56. The molecule has 0 atom stereocenters. The Hall–Kier alpha value is -2.73. The van der Waals surface area contributed by atoms with Crippen LogP contribution in [-0.4, -0.2) is 31.9 Å². The first-order valence-electron chi connectivity index (χ1n) is 8.28. The second-order valence-corrected chi connectivity index (χ2v) is 6.51. The summed E-state index contributed by atoms with van der Waals surface area (Å²) in [5.41, 5.74) is 4.47. The molecule has 3 rings (SSSR count). The molecule has 0 spiro atoms. The fourth-order valence-electron chi connectivity index (χ4n) is 2.77. The molecule has 2 heterocycles. The van der Waals surface area contributed by atoms with Crippen molar-refractivity contribution < 1.29 is 0 Å². The quantitative estimate of drug-likeness (QED) is 0.750. The molecule has 130 valence electrons. The molecule has 0 unspecified atom stereocenters. The molecule has 6 nitrogen and oxygen atoms in total. The first kappa shape index (κ1) is 17.1. The molecular weight excluding hydrogens is 314 g/mol. The van der Waals surface area contributed by atoms with Crippen molar-refractivity contribution in [1.29, 1.82) is 0 Å². The zero-order chi connectivity index (χ0) is 18.0. The predicted molar refractivity (Wildman–Crippen MR) is 98.3 cm³/mol. The van der Waals surface area contributed by atoms with Gasteiger partial charge in [-0.3, -0.25) is 9.69 Å². The van der Waals surface area contributed by atoms with Crippen molar-refractivity contribution in [3.8, 4) is 11.4 Å². The van der Waals surface area contributed by atoms with E-state index in [1.165, 1.54) is 0 Å². The molecule has 0 saturated carbocycles. The number of rotatable bonds is 5. The van der Waals surface area contributed by atoms with Gasteiger partial charge in [-0.25, -0.2) is 9.97 Å². The summed E-state index contributed by atoms with van der Waals surface area (Å²) in [7, 11) is 2.06. The van der Waals surface area contributed by atoms with Crippen molar-refractivity contribution in [3.05, 3.63) is 69.2 Å². The highest BCUT2D eigenvalue weighted by Gasteiger charge is 2.08. The Bertz CT molecular complexity index is 941. The maximum absolute atomic E-state index is 12.0. The Morgan fingerprint density at radius 3 is 2.60 bits per heavy atom. The van der Waals surface area contributed by atoms with Crippen molar-refractivity contribution in [1.82, 2.24) is 24.8 Å². The van der Waals surface area contributed by atoms with Gasteiger partial charge in [0, 0.05) is 35.3 Å². The number of imidazole rings is 1. The largest absolute Gasteiger partial charge is 0.345 e. The fraction of sp³-hybridized carbons (Fsp3) is 0.316. The summed E-state index contributed by atoms with van der Waals surface area (Å²) in [6, 6.07) is 8.10. The van der Waals surface area contributed by atoms with E-state index in [1.54, 1.807) is 6.92 Å². The minimum Gasteiger partial charge on any atom is -0.345 e. The number of H-pyrrole nitrogens is 2. The molecule has 0 aliphatic carbocycles. The number of nitrogens with zero attached hydrogens (tertiary/aromatic N) is 3. The van der Waals surface area contributed by atoms with E-state index in [-0.39, 0.29) is 5.56 Å². The van der Waals surface area contributed by atoms with Crippen LogP contribution in [0.5, 0.6) is 0 Å². The summed E-state index contributed by atoms with van der Waals surface area (Å²) in [6.45, 7) is 7.17. The number of hydrogen-bond acceptors (Lipinski definition) is 4. The van der Waals surface area contributed by atoms with Gasteiger partial charge in [0.2, 0.25) is 0 Å². The molecule has 1 aromatic carbocycles. The molecule has 0 aliphatic heterocycles. The lowest BCUT2D eigenvalue weighted by Gasteiger charge is -2.16. The summed E-state index contributed by atoms with van der Waals surface area (Å²) in [6.07, 6.45) is 1.84. The molecule has 0 fully saturated rings. The lowest BCUT2D eigenvalue weighted by Crippen LogP contribution is -2.18. The molecule has 2 N–H and O–H groups in total. The normalized spacial score (nSPS) is 11.2. The van der Waals surface area contributed by atoms with Crippen molar-refractivity contribution in [2.75, 3.05) is 7.05 Å². The van der Waals surface area contributed by atoms with Crippen LogP contribution in [0.15, 0.2) is 35.3 Å². The molecule has 0 amide bonds. The Morgan fingerprint density at radius 1 is 1.12 bits per heavy atom. The molecule has 0 radical (unpaired) electrons. The molecule has 6 heteroatoms. The number of benzene rings is 1. The minimum absolute atomic E-state index is 0.0850. The lowest BCUT2D eigenvalue weighted by molar-refractivity contribution is 0.311. The van der Waals surface area contributed by atoms with E-state index in [2.05, 4.69) is 44.0 Å². The van der Waals surface area contributed by atoms with Gasteiger partial charge in [-0.15, -0.1) is 0 Å². The molecule has 0 bridgehead atoms. The van der Waals surface area contributed by atoms with Gasteiger partial charge in [-0.2, -0.15) is 0 Å². The maximum atomic E-state index is 12.0. The van der Waals surface area contributed by atoms with Crippen LogP contribution in [0.4, 0.5) is 0 Å². The fourth-order valence-corrected chi connectivity index (χ4v) is 2.77. The van der Waals surface area contributed by atoms with E-state index in [1.807, 2.05) is 32.2 Å². The van der Waals surface area contributed by atoms with Crippen LogP contribution in [-0.2, 0) is 13.1 Å². The van der Waals surface area contributed by atoms with Crippen LogP contribution < -0.4 is 5.56 Å². The third-order valence-electron chi connectivity index (χ3n) is 4.22. The highest BCUT2D eigenvalue weighted by atomic mass is 16.1. The highest BCUT2D eigenvalue weighted by Crippen LogP contribution is 2.17. The third-order valence-corrected chi connectivity index (χ3v) is 4.22. The molecule has 25 heavy (non-hydrogen) atoms. The maximum Gasteiger partial charge on any atom is 0.254 e. The van der Waals surface area contributed by atoms with E-state index >= 15 is 0 Å². The zero-order valence-corrected chi connectivity index (χ0v) is 15.1. The Labute approximate surface area is 147 Å².